The maximum absolute atomic E-state index is 13.8. The molecule has 38 heavy (non-hydrogen) atoms. The van der Waals surface area contributed by atoms with E-state index in [-0.39, 0.29) is 10.8 Å². The first-order chi connectivity index (χ1) is 18.1. The number of methoxy groups -OCH3 is 2. The Bertz CT molecular complexity index is 1320. The molecule has 1 aliphatic heterocycles. The lowest BCUT2D eigenvalue weighted by Gasteiger charge is -2.29. The fraction of sp³-hybridized carbons (Fsp3) is 0.481. The average molecular weight is 561 g/mol. The van der Waals surface area contributed by atoms with Gasteiger partial charge in [-0.3, -0.25) is 9.69 Å². The molecule has 2 aromatic carbocycles. The van der Waals surface area contributed by atoms with Crippen LogP contribution in [0.25, 0.3) is 10.2 Å². The Hall–Kier alpha value is -2.73. The van der Waals surface area contributed by atoms with Gasteiger partial charge < -0.3 is 14.4 Å². The van der Waals surface area contributed by atoms with Gasteiger partial charge in [0.25, 0.3) is 5.91 Å². The molecule has 11 heteroatoms. The minimum absolute atomic E-state index is 0.206. The van der Waals surface area contributed by atoms with Crippen LogP contribution in [0, 0.1) is 5.92 Å². The number of anilines is 1. The predicted octanol–water partition coefficient (Wildman–Crippen LogP) is 4.33. The van der Waals surface area contributed by atoms with E-state index in [1.54, 1.807) is 41.6 Å². The molecule has 3 aromatic rings. The topological polar surface area (TPSA) is 92.3 Å². The average Bonchev–Trinajstić information content (AvgIpc) is 3.35. The van der Waals surface area contributed by atoms with Crippen LogP contribution in [0.5, 0.6) is 11.5 Å². The van der Waals surface area contributed by atoms with Crippen molar-refractivity contribution in [2.45, 2.75) is 31.1 Å². The van der Waals surface area contributed by atoms with Crippen molar-refractivity contribution < 1.29 is 22.7 Å². The third-order valence-electron chi connectivity index (χ3n) is 6.84. The van der Waals surface area contributed by atoms with Crippen molar-refractivity contribution in [3.63, 3.8) is 0 Å². The van der Waals surface area contributed by atoms with Gasteiger partial charge in [-0.05, 0) is 82.2 Å². The summed E-state index contributed by atoms with van der Waals surface area (Å²) in [4.78, 5) is 22.5. The molecule has 1 aromatic heterocycles. The van der Waals surface area contributed by atoms with Crippen LogP contribution in [0.15, 0.2) is 41.3 Å². The summed E-state index contributed by atoms with van der Waals surface area (Å²) in [5, 5.41) is 0.533. The summed E-state index contributed by atoms with van der Waals surface area (Å²) < 4.78 is 39.7. The highest BCUT2D eigenvalue weighted by Gasteiger charge is 2.29. The molecule has 1 amide bonds. The largest absolute Gasteiger partial charge is 0.495 e. The zero-order valence-electron chi connectivity index (χ0n) is 22.6. The van der Waals surface area contributed by atoms with Crippen LogP contribution in [0.2, 0.25) is 0 Å². The smallest absolute Gasteiger partial charge is 0.260 e. The fourth-order valence-electron chi connectivity index (χ4n) is 4.52. The molecule has 1 saturated heterocycles. The number of hydrogen-bond acceptors (Lipinski definition) is 8. The summed E-state index contributed by atoms with van der Waals surface area (Å²) in [7, 11) is 3.57. The molecule has 206 valence electrons. The van der Waals surface area contributed by atoms with Crippen LogP contribution in [0.4, 0.5) is 5.13 Å². The van der Waals surface area contributed by atoms with E-state index in [1.807, 2.05) is 20.2 Å². The molecule has 0 bridgehead atoms. The second-order valence-electron chi connectivity index (χ2n) is 9.87. The second kappa shape index (κ2) is 12.0. The fourth-order valence-corrected chi connectivity index (χ4v) is 7.09. The molecular formula is C27H36N4O5S2. The van der Waals surface area contributed by atoms with Gasteiger partial charge in [0.15, 0.2) is 5.13 Å². The van der Waals surface area contributed by atoms with Gasteiger partial charge in [0.2, 0.25) is 10.0 Å². The van der Waals surface area contributed by atoms with Crippen molar-refractivity contribution in [3.8, 4) is 11.5 Å². The molecular weight excluding hydrogens is 524 g/mol. The van der Waals surface area contributed by atoms with Crippen molar-refractivity contribution in [2.24, 2.45) is 5.92 Å². The van der Waals surface area contributed by atoms with Crippen molar-refractivity contribution in [1.82, 2.24) is 14.2 Å². The van der Waals surface area contributed by atoms with E-state index < -0.39 is 10.0 Å². The quantitative estimate of drug-likeness (QED) is 0.364. The number of nitrogens with zero attached hydrogens (tertiary/aromatic N) is 4. The third kappa shape index (κ3) is 5.96. The van der Waals surface area contributed by atoms with Crippen LogP contribution < -0.4 is 14.4 Å². The molecule has 9 nitrogen and oxygen atoms in total. The maximum atomic E-state index is 13.8. The molecule has 0 radical (unpaired) electrons. The summed E-state index contributed by atoms with van der Waals surface area (Å²) in [6, 6.07) is 9.87. The predicted molar refractivity (Wildman–Crippen MR) is 151 cm³/mol. The Morgan fingerprint density at radius 2 is 1.66 bits per heavy atom. The van der Waals surface area contributed by atoms with Crippen LogP contribution in [-0.2, 0) is 10.0 Å². The molecule has 1 aliphatic rings. The minimum Gasteiger partial charge on any atom is -0.495 e. The number of hydrogen-bond donors (Lipinski definition) is 0. The lowest BCUT2D eigenvalue weighted by molar-refractivity contribution is 0.0986. The van der Waals surface area contributed by atoms with Crippen LogP contribution in [-0.4, -0.2) is 83.0 Å². The Morgan fingerprint density at radius 1 is 1.03 bits per heavy atom. The SMILES string of the molecule is COc1ccc(OC)c2sc(N(CCCN(C)C)C(=O)c3ccc(S(=O)(=O)N4CCC(C)CC4)cc3)nc12. The monoisotopic (exact) mass is 560 g/mol. The second-order valence-corrected chi connectivity index (χ2v) is 12.8. The van der Waals surface area contributed by atoms with E-state index in [4.69, 9.17) is 14.5 Å². The number of sulfonamides is 1. The van der Waals surface area contributed by atoms with Gasteiger partial charge >= 0.3 is 0 Å². The van der Waals surface area contributed by atoms with Crippen LogP contribution in [0.3, 0.4) is 0 Å². The standard InChI is InChI=1S/C27H36N4O5S2/c1-19-13-17-30(18-14-19)38(33,34)21-9-7-20(8-10-21)26(32)31(16-6-15-29(2)3)27-28-24-22(35-4)11-12-23(36-5)25(24)37-27/h7-12,19H,6,13-18H2,1-5H3. The molecule has 0 aliphatic carbocycles. The maximum Gasteiger partial charge on any atom is 0.260 e. The summed E-state index contributed by atoms with van der Waals surface area (Å²) in [5.74, 6) is 1.55. The molecule has 4 rings (SSSR count). The number of thiazole rings is 1. The van der Waals surface area contributed by atoms with Gasteiger partial charge in [-0.2, -0.15) is 4.31 Å². The first-order valence-corrected chi connectivity index (χ1v) is 15.0. The summed E-state index contributed by atoms with van der Waals surface area (Å²) in [6.07, 6.45) is 2.45. The number of rotatable bonds is 10. The number of aromatic nitrogens is 1. The third-order valence-corrected chi connectivity index (χ3v) is 9.85. The van der Waals surface area contributed by atoms with Crippen molar-refractivity contribution in [3.05, 3.63) is 42.0 Å². The van der Waals surface area contributed by atoms with E-state index in [2.05, 4.69) is 11.8 Å². The van der Waals surface area contributed by atoms with Crippen molar-refractivity contribution in [1.29, 1.82) is 0 Å². The number of carbonyl (C=O) groups excluding carboxylic acids is 1. The molecule has 0 saturated carbocycles. The lowest BCUT2D eigenvalue weighted by Crippen LogP contribution is -2.38. The highest BCUT2D eigenvalue weighted by atomic mass is 32.2. The normalized spacial score (nSPS) is 15.2. The summed E-state index contributed by atoms with van der Waals surface area (Å²) >= 11 is 1.37. The Balaban J connectivity index is 1.64. The summed E-state index contributed by atoms with van der Waals surface area (Å²) in [5.41, 5.74) is 1.04. The number of amides is 1. The first-order valence-electron chi connectivity index (χ1n) is 12.7. The van der Waals surface area contributed by atoms with Crippen LogP contribution in [0.1, 0.15) is 36.5 Å². The Morgan fingerprint density at radius 3 is 2.26 bits per heavy atom. The molecule has 0 N–H and O–H groups in total. The number of fused-ring (bicyclic) bond motifs is 1. The minimum atomic E-state index is -3.59. The zero-order chi connectivity index (χ0) is 27.4. The molecule has 2 heterocycles. The van der Waals surface area contributed by atoms with E-state index in [9.17, 15) is 13.2 Å². The van der Waals surface area contributed by atoms with E-state index in [0.29, 0.717) is 53.3 Å². The Kier molecular flexibility index (Phi) is 8.92. The van der Waals surface area contributed by atoms with Gasteiger partial charge in [0.05, 0.1) is 19.1 Å². The number of ether oxygens (including phenoxy) is 2. The van der Waals surface area contributed by atoms with Gasteiger partial charge in [-0.25, -0.2) is 13.4 Å². The van der Waals surface area contributed by atoms with Gasteiger partial charge in [0.1, 0.15) is 21.7 Å². The molecule has 0 unspecified atom stereocenters. The van der Waals surface area contributed by atoms with Crippen molar-refractivity contribution >= 4 is 42.6 Å². The zero-order valence-corrected chi connectivity index (χ0v) is 24.3. The first kappa shape index (κ1) is 28.3. The van der Waals surface area contributed by atoms with E-state index in [1.165, 1.54) is 23.5 Å². The number of carbonyl (C=O) groups is 1. The molecule has 1 fully saturated rings. The number of piperidine rings is 1. The number of benzene rings is 2. The van der Waals surface area contributed by atoms with Gasteiger partial charge in [0, 0.05) is 25.2 Å². The highest BCUT2D eigenvalue weighted by Crippen LogP contribution is 2.40. The molecule has 0 spiro atoms. The summed E-state index contributed by atoms with van der Waals surface area (Å²) in [6.45, 7) is 4.44. The van der Waals surface area contributed by atoms with Gasteiger partial charge in [-0.15, -0.1) is 0 Å². The molecule has 0 atom stereocenters. The van der Waals surface area contributed by atoms with Crippen LogP contribution >= 0.6 is 11.3 Å². The van der Waals surface area contributed by atoms with Crippen molar-refractivity contribution in [2.75, 3.05) is 59.4 Å². The highest BCUT2D eigenvalue weighted by molar-refractivity contribution is 7.89. The van der Waals surface area contributed by atoms with E-state index >= 15 is 0 Å². The lowest BCUT2D eigenvalue weighted by atomic mass is 10.0. The van der Waals surface area contributed by atoms with E-state index in [0.717, 1.165) is 30.5 Å². The Labute approximate surface area is 229 Å². The van der Waals surface area contributed by atoms with Gasteiger partial charge in [-0.1, -0.05) is 18.3 Å².